The molecule has 1 unspecified atom stereocenters. The summed E-state index contributed by atoms with van der Waals surface area (Å²) in [4.78, 5) is 0.0649. The van der Waals surface area contributed by atoms with Crippen molar-refractivity contribution >= 4 is 21.6 Å². The van der Waals surface area contributed by atoms with E-state index in [4.69, 9.17) is 21.8 Å². The molecular weight excluding hydrogens is 266 g/mol. The maximum absolute atomic E-state index is 11.9. The fourth-order valence-corrected chi connectivity index (χ4v) is 2.79. The Balaban J connectivity index is 2.93. The zero-order valence-corrected chi connectivity index (χ0v) is 10.8. The predicted molar refractivity (Wildman–Crippen MR) is 64.5 cm³/mol. The summed E-state index contributed by atoms with van der Waals surface area (Å²) < 4.78 is 25.9. The van der Waals surface area contributed by atoms with Crippen molar-refractivity contribution in [1.82, 2.24) is 4.72 Å². The molecule has 1 atom stereocenters. The van der Waals surface area contributed by atoms with Gasteiger partial charge >= 0.3 is 0 Å². The van der Waals surface area contributed by atoms with Crippen LogP contribution in [0.15, 0.2) is 23.1 Å². The molecule has 0 amide bonds. The molecule has 0 aromatic heterocycles. The monoisotopic (exact) mass is 279 g/mol. The SMILES string of the molecule is Cc1ccc(Cl)cc1S(=O)(=O)NCC(O)CO. The van der Waals surface area contributed by atoms with Crippen molar-refractivity contribution in [2.75, 3.05) is 13.2 Å². The minimum atomic E-state index is -3.72. The Kier molecular flexibility index (Phi) is 4.91. The molecule has 3 N–H and O–H groups in total. The molecule has 1 aromatic rings. The molecule has 0 aliphatic heterocycles. The van der Waals surface area contributed by atoms with Gasteiger partial charge in [-0.25, -0.2) is 13.1 Å². The molecule has 0 aliphatic rings. The molecule has 1 aromatic carbocycles. The lowest BCUT2D eigenvalue weighted by Gasteiger charge is -2.11. The maximum atomic E-state index is 11.9. The molecule has 0 spiro atoms. The van der Waals surface area contributed by atoms with Gasteiger partial charge in [-0.2, -0.15) is 0 Å². The van der Waals surface area contributed by atoms with E-state index in [0.717, 1.165) is 0 Å². The molecule has 7 heteroatoms. The highest BCUT2D eigenvalue weighted by Gasteiger charge is 2.18. The highest BCUT2D eigenvalue weighted by atomic mass is 35.5. The van der Waals surface area contributed by atoms with Crippen molar-refractivity contribution in [1.29, 1.82) is 0 Å². The summed E-state index contributed by atoms with van der Waals surface area (Å²) in [5.74, 6) is 0. The second-order valence-electron chi connectivity index (χ2n) is 3.60. The van der Waals surface area contributed by atoms with Gasteiger partial charge in [-0.3, -0.25) is 0 Å². The molecule has 0 aliphatic carbocycles. The van der Waals surface area contributed by atoms with E-state index in [0.29, 0.717) is 10.6 Å². The van der Waals surface area contributed by atoms with E-state index in [1.165, 1.54) is 6.07 Å². The standard InChI is InChI=1S/C10H14ClNO4S/c1-7-2-3-8(11)4-10(7)17(15,16)12-5-9(14)6-13/h2-4,9,12-14H,5-6H2,1H3. The smallest absolute Gasteiger partial charge is 0.240 e. The quantitative estimate of drug-likeness (QED) is 0.723. The van der Waals surface area contributed by atoms with E-state index < -0.39 is 22.7 Å². The van der Waals surface area contributed by atoms with E-state index in [1.54, 1.807) is 19.1 Å². The summed E-state index contributed by atoms with van der Waals surface area (Å²) in [7, 11) is -3.72. The zero-order valence-electron chi connectivity index (χ0n) is 9.22. The van der Waals surface area contributed by atoms with Gasteiger partial charge in [-0.1, -0.05) is 17.7 Å². The normalized spacial score (nSPS) is 13.6. The van der Waals surface area contributed by atoms with Crippen molar-refractivity contribution in [3.05, 3.63) is 28.8 Å². The van der Waals surface area contributed by atoms with Crippen LogP contribution in [0.4, 0.5) is 0 Å². The van der Waals surface area contributed by atoms with Crippen molar-refractivity contribution in [2.45, 2.75) is 17.9 Å². The van der Waals surface area contributed by atoms with E-state index in [2.05, 4.69) is 4.72 Å². The van der Waals surface area contributed by atoms with Gasteiger partial charge in [0.15, 0.2) is 0 Å². The number of aliphatic hydroxyl groups is 2. The molecule has 0 bridgehead atoms. The molecule has 0 saturated carbocycles. The second-order valence-corrected chi connectivity index (χ2v) is 5.77. The molecule has 0 fully saturated rings. The lowest BCUT2D eigenvalue weighted by atomic mass is 10.2. The first-order valence-electron chi connectivity index (χ1n) is 4.91. The number of hydrogen-bond donors (Lipinski definition) is 3. The predicted octanol–water partition coefficient (Wildman–Crippen LogP) is 0.280. The molecule has 96 valence electrons. The Hall–Kier alpha value is -0.660. The lowest BCUT2D eigenvalue weighted by molar-refractivity contribution is 0.0988. The van der Waals surface area contributed by atoms with Gasteiger partial charge < -0.3 is 10.2 Å². The van der Waals surface area contributed by atoms with Crippen LogP contribution in [0.2, 0.25) is 5.02 Å². The van der Waals surface area contributed by atoms with Crippen LogP contribution in [0.25, 0.3) is 0 Å². The zero-order chi connectivity index (χ0) is 13.1. The first-order chi connectivity index (χ1) is 7.86. The second kappa shape index (κ2) is 5.79. The van der Waals surface area contributed by atoms with Crippen LogP contribution in [-0.4, -0.2) is 37.9 Å². The molecular formula is C10H14ClNO4S. The summed E-state index contributed by atoms with van der Waals surface area (Å²) >= 11 is 5.73. The highest BCUT2D eigenvalue weighted by Crippen LogP contribution is 2.19. The largest absolute Gasteiger partial charge is 0.394 e. The third kappa shape index (κ3) is 3.93. The molecule has 0 heterocycles. The minimum absolute atomic E-state index is 0.0649. The topological polar surface area (TPSA) is 86.6 Å². The van der Waals surface area contributed by atoms with E-state index >= 15 is 0 Å². The van der Waals surface area contributed by atoms with Crippen LogP contribution in [0.5, 0.6) is 0 Å². The Morgan fingerprint density at radius 1 is 1.47 bits per heavy atom. The van der Waals surface area contributed by atoms with Crippen LogP contribution in [-0.2, 0) is 10.0 Å². The van der Waals surface area contributed by atoms with Gasteiger partial charge in [0, 0.05) is 11.6 Å². The molecule has 1 rings (SSSR count). The third-order valence-corrected chi connectivity index (χ3v) is 3.96. The lowest BCUT2D eigenvalue weighted by Crippen LogP contribution is -2.34. The van der Waals surface area contributed by atoms with E-state index in [-0.39, 0.29) is 11.4 Å². The average Bonchev–Trinajstić information content (AvgIpc) is 2.29. The number of aryl methyl sites for hydroxylation is 1. The molecule has 17 heavy (non-hydrogen) atoms. The number of hydrogen-bond acceptors (Lipinski definition) is 4. The summed E-state index contributed by atoms with van der Waals surface area (Å²) in [6.45, 7) is 0.898. The van der Waals surface area contributed by atoms with Crippen LogP contribution >= 0.6 is 11.6 Å². The first kappa shape index (κ1) is 14.4. The van der Waals surface area contributed by atoms with Gasteiger partial charge in [-0.05, 0) is 24.6 Å². The number of benzene rings is 1. The summed E-state index contributed by atoms with van der Waals surface area (Å²) in [5, 5.41) is 18.0. The van der Waals surface area contributed by atoms with Gasteiger partial charge in [0.05, 0.1) is 17.6 Å². The fraction of sp³-hybridized carbons (Fsp3) is 0.400. The van der Waals surface area contributed by atoms with Crippen molar-refractivity contribution in [3.63, 3.8) is 0 Å². The Bertz CT molecular complexity index is 489. The number of sulfonamides is 1. The van der Waals surface area contributed by atoms with Crippen LogP contribution < -0.4 is 4.72 Å². The Morgan fingerprint density at radius 3 is 2.71 bits per heavy atom. The van der Waals surface area contributed by atoms with Crippen molar-refractivity contribution < 1.29 is 18.6 Å². The van der Waals surface area contributed by atoms with E-state index in [1.807, 2.05) is 0 Å². The summed E-state index contributed by atoms with van der Waals surface area (Å²) in [5.41, 5.74) is 0.556. The highest BCUT2D eigenvalue weighted by molar-refractivity contribution is 7.89. The molecule has 0 radical (unpaired) electrons. The van der Waals surface area contributed by atoms with E-state index in [9.17, 15) is 8.42 Å². The first-order valence-corrected chi connectivity index (χ1v) is 6.77. The van der Waals surface area contributed by atoms with Crippen molar-refractivity contribution in [3.8, 4) is 0 Å². The van der Waals surface area contributed by atoms with Crippen molar-refractivity contribution in [2.24, 2.45) is 0 Å². The number of aliphatic hydroxyl groups excluding tert-OH is 2. The van der Waals surface area contributed by atoms with Gasteiger partial charge in [0.1, 0.15) is 0 Å². The number of halogens is 1. The fourth-order valence-electron chi connectivity index (χ4n) is 1.21. The summed E-state index contributed by atoms with van der Waals surface area (Å²) in [6, 6.07) is 4.53. The summed E-state index contributed by atoms with van der Waals surface area (Å²) in [6.07, 6.45) is -1.12. The van der Waals surface area contributed by atoms with Gasteiger partial charge in [-0.15, -0.1) is 0 Å². The molecule has 0 saturated heterocycles. The average molecular weight is 280 g/mol. The third-order valence-electron chi connectivity index (χ3n) is 2.16. The molecule has 5 nitrogen and oxygen atoms in total. The van der Waals surface area contributed by atoms with Gasteiger partial charge in [0.2, 0.25) is 10.0 Å². The Morgan fingerprint density at radius 2 is 2.12 bits per heavy atom. The number of rotatable bonds is 5. The minimum Gasteiger partial charge on any atom is -0.394 e. The van der Waals surface area contributed by atoms with Gasteiger partial charge in [0.25, 0.3) is 0 Å². The van der Waals surface area contributed by atoms with Crippen LogP contribution in [0.3, 0.4) is 0 Å². The Labute approximate surface area is 105 Å². The number of nitrogens with one attached hydrogen (secondary N) is 1. The van der Waals surface area contributed by atoms with Crippen LogP contribution in [0, 0.1) is 6.92 Å². The van der Waals surface area contributed by atoms with Crippen LogP contribution in [0.1, 0.15) is 5.56 Å². The maximum Gasteiger partial charge on any atom is 0.240 e.